The van der Waals surface area contributed by atoms with Crippen LogP contribution in [-0.2, 0) is 16.0 Å². The van der Waals surface area contributed by atoms with E-state index in [9.17, 15) is 9.59 Å². The number of nitrogens with zero attached hydrogens (tertiary/aromatic N) is 4. The number of rotatable bonds is 8. The third-order valence-corrected chi connectivity index (χ3v) is 3.97. The molecule has 0 aliphatic heterocycles. The van der Waals surface area contributed by atoms with E-state index < -0.39 is 5.97 Å². The number of ether oxygens (including phenoxy) is 1. The largest absolute Gasteiger partial charge is 0.465 e. The van der Waals surface area contributed by atoms with Crippen LogP contribution in [0.15, 0.2) is 54.6 Å². The van der Waals surface area contributed by atoms with Gasteiger partial charge in [-0.3, -0.25) is 4.79 Å². The Labute approximate surface area is 161 Å². The van der Waals surface area contributed by atoms with Crippen molar-refractivity contribution in [1.82, 2.24) is 25.5 Å². The topological polar surface area (TPSA) is 111 Å². The lowest BCUT2D eigenvalue weighted by Gasteiger charge is -2.10. The summed E-state index contributed by atoms with van der Waals surface area (Å²) < 4.78 is 6.32. The highest BCUT2D eigenvalue weighted by Gasteiger charge is 2.13. The predicted molar refractivity (Wildman–Crippen MR) is 102 cm³/mol. The summed E-state index contributed by atoms with van der Waals surface area (Å²) in [6.45, 7) is 0.818. The highest BCUT2D eigenvalue weighted by molar-refractivity contribution is 5.93. The smallest absolute Gasteiger partial charge is 0.338 e. The van der Waals surface area contributed by atoms with Crippen molar-refractivity contribution in [2.75, 3.05) is 25.5 Å². The van der Waals surface area contributed by atoms with Crippen LogP contribution in [0.4, 0.5) is 5.95 Å². The van der Waals surface area contributed by atoms with E-state index in [1.165, 1.54) is 7.11 Å². The third kappa shape index (κ3) is 4.70. The summed E-state index contributed by atoms with van der Waals surface area (Å²) in [6.07, 6.45) is 0.0903. The maximum atomic E-state index is 12.2. The number of carbonyl (C=O) groups is 2. The SMILES string of the molecule is COC(=O)c1ccccc1CC(=O)NCCNc1nnnn1-c1ccccc1. The summed E-state index contributed by atoms with van der Waals surface area (Å²) in [7, 11) is 1.31. The number of benzene rings is 2. The number of para-hydroxylation sites is 1. The van der Waals surface area contributed by atoms with E-state index in [1.54, 1.807) is 28.9 Å². The summed E-state index contributed by atoms with van der Waals surface area (Å²) in [5.74, 6) is -0.171. The molecule has 0 bridgehead atoms. The van der Waals surface area contributed by atoms with Gasteiger partial charge in [0.25, 0.3) is 0 Å². The lowest BCUT2D eigenvalue weighted by molar-refractivity contribution is -0.120. The van der Waals surface area contributed by atoms with Crippen LogP contribution < -0.4 is 10.6 Å². The second-order valence-corrected chi connectivity index (χ2v) is 5.85. The summed E-state index contributed by atoms with van der Waals surface area (Å²) in [5, 5.41) is 17.5. The average Bonchev–Trinajstić information content (AvgIpc) is 3.20. The summed E-state index contributed by atoms with van der Waals surface area (Å²) >= 11 is 0. The normalized spacial score (nSPS) is 10.3. The van der Waals surface area contributed by atoms with Gasteiger partial charge in [0.1, 0.15) is 0 Å². The molecule has 1 aromatic heterocycles. The van der Waals surface area contributed by atoms with Gasteiger partial charge in [-0.2, -0.15) is 4.68 Å². The summed E-state index contributed by atoms with van der Waals surface area (Å²) in [4.78, 5) is 24.0. The van der Waals surface area contributed by atoms with E-state index in [4.69, 9.17) is 4.74 Å². The molecule has 3 aromatic rings. The highest BCUT2D eigenvalue weighted by atomic mass is 16.5. The van der Waals surface area contributed by atoms with Crippen LogP contribution in [0.2, 0.25) is 0 Å². The van der Waals surface area contributed by atoms with Crippen molar-refractivity contribution in [3.8, 4) is 5.69 Å². The zero-order valence-corrected chi connectivity index (χ0v) is 15.3. The molecule has 0 aliphatic rings. The Balaban J connectivity index is 1.50. The number of anilines is 1. The molecule has 2 N–H and O–H groups in total. The van der Waals surface area contributed by atoms with Gasteiger partial charge in [-0.25, -0.2) is 4.79 Å². The summed E-state index contributed by atoms with van der Waals surface area (Å²) in [6, 6.07) is 16.4. The monoisotopic (exact) mass is 380 g/mol. The van der Waals surface area contributed by atoms with E-state index >= 15 is 0 Å². The first-order valence-electron chi connectivity index (χ1n) is 8.69. The van der Waals surface area contributed by atoms with Gasteiger partial charge in [0.05, 0.1) is 24.8 Å². The lowest BCUT2D eigenvalue weighted by atomic mass is 10.0. The zero-order chi connectivity index (χ0) is 19.8. The third-order valence-electron chi connectivity index (χ3n) is 3.97. The average molecular weight is 380 g/mol. The number of methoxy groups -OCH3 is 1. The first kappa shape index (κ1) is 19.0. The first-order chi connectivity index (χ1) is 13.7. The molecule has 0 saturated carbocycles. The number of amides is 1. The molecule has 0 atom stereocenters. The van der Waals surface area contributed by atoms with Crippen molar-refractivity contribution in [2.45, 2.75) is 6.42 Å². The van der Waals surface area contributed by atoms with Crippen LogP contribution in [0.3, 0.4) is 0 Å². The highest BCUT2D eigenvalue weighted by Crippen LogP contribution is 2.11. The van der Waals surface area contributed by atoms with Gasteiger partial charge in [0, 0.05) is 13.1 Å². The Kier molecular flexibility index (Phi) is 6.29. The van der Waals surface area contributed by atoms with Crippen LogP contribution >= 0.6 is 0 Å². The number of nitrogens with one attached hydrogen (secondary N) is 2. The second-order valence-electron chi connectivity index (χ2n) is 5.85. The van der Waals surface area contributed by atoms with Crippen LogP contribution in [0.1, 0.15) is 15.9 Å². The number of carbonyl (C=O) groups excluding carboxylic acids is 2. The lowest BCUT2D eigenvalue weighted by Crippen LogP contribution is -2.30. The van der Waals surface area contributed by atoms with E-state index in [0.717, 1.165) is 5.69 Å². The fourth-order valence-electron chi connectivity index (χ4n) is 2.64. The van der Waals surface area contributed by atoms with Crippen molar-refractivity contribution < 1.29 is 14.3 Å². The molecule has 0 aliphatic carbocycles. The van der Waals surface area contributed by atoms with Crippen molar-refractivity contribution in [3.05, 3.63) is 65.7 Å². The van der Waals surface area contributed by atoms with E-state index in [2.05, 4.69) is 26.2 Å². The van der Waals surface area contributed by atoms with Gasteiger partial charge in [0.2, 0.25) is 11.9 Å². The van der Waals surface area contributed by atoms with Gasteiger partial charge in [-0.05, 0) is 34.2 Å². The van der Waals surface area contributed by atoms with Crippen LogP contribution in [-0.4, -0.2) is 52.3 Å². The maximum Gasteiger partial charge on any atom is 0.338 e. The standard InChI is InChI=1S/C19H20N6O3/c1-28-18(27)16-10-6-5-7-14(16)13-17(26)20-11-12-21-19-22-23-24-25(19)15-8-3-2-4-9-15/h2-10H,11-13H2,1H3,(H,20,26)(H,21,22,24). The molecule has 2 aromatic carbocycles. The van der Waals surface area contributed by atoms with Crippen molar-refractivity contribution in [1.29, 1.82) is 0 Å². The number of hydrogen-bond acceptors (Lipinski definition) is 7. The molecule has 3 rings (SSSR count). The Morgan fingerprint density at radius 3 is 2.57 bits per heavy atom. The fourth-order valence-corrected chi connectivity index (χ4v) is 2.64. The summed E-state index contributed by atoms with van der Waals surface area (Å²) in [5.41, 5.74) is 1.84. The number of tetrazole rings is 1. The first-order valence-corrected chi connectivity index (χ1v) is 8.69. The Morgan fingerprint density at radius 1 is 1.04 bits per heavy atom. The minimum Gasteiger partial charge on any atom is -0.465 e. The molecule has 0 radical (unpaired) electrons. The van der Waals surface area contributed by atoms with Gasteiger partial charge < -0.3 is 15.4 Å². The van der Waals surface area contributed by atoms with Gasteiger partial charge in [-0.1, -0.05) is 41.5 Å². The Hall–Kier alpha value is -3.75. The molecule has 0 saturated heterocycles. The molecule has 1 heterocycles. The molecular formula is C19H20N6O3. The molecule has 0 fully saturated rings. The number of hydrogen-bond donors (Lipinski definition) is 2. The molecule has 9 heteroatoms. The van der Waals surface area contributed by atoms with Gasteiger partial charge in [-0.15, -0.1) is 0 Å². The minimum atomic E-state index is -0.460. The van der Waals surface area contributed by atoms with Gasteiger partial charge >= 0.3 is 5.97 Å². The maximum absolute atomic E-state index is 12.2. The Bertz CT molecular complexity index is 942. The molecule has 1 amide bonds. The predicted octanol–water partition coefficient (Wildman–Crippen LogP) is 1.22. The van der Waals surface area contributed by atoms with E-state index in [-0.39, 0.29) is 12.3 Å². The van der Waals surface area contributed by atoms with Crippen molar-refractivity contribution in [2.24, 2.45) is 0 Å². The van der Waals surface area contributed by atoms with Gasteiger partial charge in [0.15, 0.2) is 0 Å². The van der Waals surface area contributed by atoms with Crippen LogP contribution in [0.25, 0.3) is 5.69 Å². The number of esters is 1. The zero-order valence-electron chi connectivity index (χ0n) is 15.3. The molecule has 0 spiro atoms. The molecule has 9 nitrogen and oxygen atoms in total. The van der Waals surface area contributed by atoms with E-state index in [0.29, 0.717) is 30.2 Å². The quantitative estimate of drug-likeness (QED) is 0.446. The van der Waals surface area contributed by atoms with Crippen LogP contribution in [0, 0.1) is 0 Å². The second kappa shape index (κ2) is 9.26. The Morgan fingerprint density at radius 2 is 1.79 bits per heavy atom. The van der Waals surface area contributed by atoms with Crippen molar-refractivity contribution >= 4 is 17.8 Å². The fraction of sp³-hybridized carbons (Fsp3) is 0.211. The molecule has 144 valence electrons. The molecular weight excluding hydrogens is 360 g/mol. The molecule has 28 heavy (non-hydrogen) atoms. The van der Waals surface area contributed by atoms with Crippen LogP contribution in [0.5, 0.6) is 0 Å². The number of aromatic nitrogens is 4. The molecule has 0 unspecified atom stereocenters. The van der Waals surface area contributed by atoms with Crippen molar-refractivity contribution in [3.63, 3.8) is 0 Å². The minimum absolute atomic E-state index is 0.0903. The van der Waals surface area contributed by atoms with E-state index in [1.807, 2.05) is 30.3 Å².